The molecule has 0 N–H and O–H groups in total. The lowest BCUT2D eigenvalue weighted by atomic mass is 10.1. The molecule has 54 heavy (non-hydrogen) atoms. The molecular formula is C48H82O6. The maximum atomic E-state index is 12.6. The fraction of sp³-hybridized carbons (Fsp3) is 0.729. The number of rotatable bonds is 39. The van der Waals surface area contributed by atoms with Crippen LogP contribution in [0.1, 0.15) is 207 Å². The van der Waals surface area contributed by atoms with Gasteiger partial charge in [0.15, 0.2) is 6.10 Å². The minimum absolute atomic E-state index is 0.0830. The van der Waals surface area contributed by atoms with Crippen LogP contribution in [0.15, 0.2) is 60.8 Å². The van der Waals surface area contributed by atoms with Gasteiger partial charge in [-0.2, -0.15) is 0 Å². The summed E-state index contributed by atoms with van der Waals surface area (Å²) in [6, 6.07) is 0. The summed E-state index contributed by atoms with van der Waals surface area (Å²) in [4.78, 5) is 37.5. The van der Waals surface area contributed by atoms with Gasteiger partial charge in [0.1, 0.15) is 13.2 Å². The van der Waals surface area contributed by atoms with Crippen LogP contribution in [0.25, 0.3) is 0 Å². The van der Waals surface area contributed by atoms with Crippen LogP contribution in [-0.2, 0) is 28.6 Å². The molecule has 0 aromatic carbocycles. The van der Waals surface area contributed by atoms with E-state index in [0.717, 1.165) is 103 Å². The predicted molar refractivity (Wildman–Crippen MR) is 228 cm³/mol. The molecule has 0 aliphatic heterocycles. The quantitative estimate of drug-likeness (QED) is 0.0269. The zero-order valence-corrected chi connectivity index (χ0v) is 35.2. The molecule has 0 bridgehead atoms. The number of carbonyl (C=O) groups excluding carboxylic acids is 3. The normalized spacial score (nSPS) is 12.6. The number of allylic oxidation sites excluding steroid dienone is 10. The van der Waals surface area contributed by atoms with Crippen molar-refractivity contribution >= 4 is 17.9 Å². The van der Waals surface area contributed by atoms with Crippen molar-refractivity contribution in [2.24, 2.45) is 0 Å². The monoisotopic (exact) mass is 755 g/mol. The van der Waals surface area contributed by atoms with Gasteiger partial charge in [-0.25, -0.2) is 0 Å². The fourth-order valence-electron chi connectivity index (χ4n) is 5.88. The van der Waals surface area contributed by atoms with E-state index in [1.165, 1.54) is 64.2 Å². The topological polar surface area (TPSA) is 78.9 Å². The first kappa shape index (κ1) is 51.1. The first-order chi connectivity index (χ1) is 26.5. The van der Waals surface area contributed by atoms with Gasteiger partial charge in [-0.1, -0.05) is 171 Å². The molecule has 0 amide bonds. The Morgan fingerprint density at radius 3 is 1.20 bits per heavy atom. The number of unbranched alkanes of at least 4 members (excludes halogenated alkanes) is 18. The predicted octanol–water partition coefficient (Wildman–Crippen LogP) is 14.1. The summed E-state index contributed by atoms with van der Waals surface area (Å²) in [5.74, 6) is -0.922. The SMILES string of the molecule is CC/C=C\C/C=C\C/C=C\C/C=C\CCCCCCCCC(=O)OCC(COC(=O)CCCCCCCC)OC(=O)CCCCCCC/C=C\CCCC. The summed E-state index contributed by atoms with van der Waals surface area (Å²) in [6.45, 7) is 6.39. The molecule has 0 rings (SSSR count). The van der Waals surface area contributed by atoms with Crippen molar-refractivity contribution < 1.29 is 28.6 Å². The molecule has 0 spiro atoms. The summed E-state index contributed by atoms with van der Waals surface area (Å²) in [5, 5.41) is 0. The van der Waals surface area contributed by atoms with Crippen molar-refractivity contribution in [2.45, 2.75) is 213 Å². The van der Waals surface area contributed by atoms with Gasteiger partial charge in [-0.15, -0.1) is 0 Å². The van der Waals surface area contributed by atoms with Crippen LogP contribution in [0.3, 0.4) is 0 Å². The van der Waals surface area contributed by atoms with Crippen LogP contribution < -0.4 is 0 Å². The van der Waals surface area contributed by atoms with Crippen LogP contribution in [0.5, 0.6) is 0 Å². The highest BCUT2D eigenvalue weighted by Crippen LogP contribution is 2.13. The van der Waals surface area contributed by atoms with Crippen LogP contribution in [-0.4, -0.2) is 37.2 Å². The number of esters is 3. The van der Waals surface area contributed by atoms with E-state index in [1.54, 1.807) is 0 Å². The summed E-state index contributed by atoms with van der Waals surface area (Å²) >= 11 is 0. The van der Waals surface area contributed by atoms with E-state index in [2.05, 4.69) is 81.5 Å². The van der Waals surface area contributed by atoms with Crippen LogP contribution in [0.4, 0.5) is 0 Å². The van der Waals surface area contributed by atoms with Crippen LogP contribution >= 0.6 is 0 Å². The largest absolute Gasteiger partial charge is 0.462 e. The molecule has 0 saturated carbocycles. The summed E-state index contributed by atoms with van der Waals surface area (Å²) in [5.41, 5.74) is 0. The highest BCUT2D eigenvalue weighted by atomic mass is 16.6. The van der Waals surface area contributed by atoms with E-state index in [1.807, 2.05) is 0 Å². The Morgan fingerprint density at radius 1 is 0.389 bits per heavy atom. The third kappa shape index (κ3) is 40.3. The van der Waals surface area contributed by atoms with Crippen molar-refractivity contribution in [3.8, 4) is 0 Å². The lowest BCUT2D eigenvalue weighted by molar-refractivity contribution is -0.167. The first-order valence-corrected chi connectivity index (χ1v) is 22.3. The van der Waals surface area contributed by atoms with E-state index < -0.39 is 6.10 Å². The van der Waals surface area contributed by atoms with E-state index in [9.17, 15) is 14.4 Å². The van der Waals surface area contributed by atoms with E-state index in [0.29, 0.717) is 19.3 Å². The van der Waals surface area contributed by atoms with E-state index in [-0.39, 0.29) is 31.1 Å². The van der Waals surface area contributed by atoms with Crippen molar-refractivity contribution in [3.63, 3.8) is 0 Å². The Morgan fingerprint density at radius 2 is 0.741 bits per heavy atom. The second kappa shape index (κ2) is 42.8. The zero-order chi connectivity index (χ0) is 39.4. The minimum Gasteiger partial charge on any atom is -0.462 e. The summed E-state index contributed by atoms with van der Waals surface area (Å²) in [7, 11) is 0. The number of hydrogen-bond donors (Lipinski definition) is 0. The average Bonchev–Trinajstić information content (AvgIpc) is 3.17. The molecule has 0 aliphatic carbocycles. The third-order valence-electron chi connectivity index (χ3n) is 9.26. The summed E-state index contributed by atoms with van der Waals surface area (Å²) < 4.78 is 16.6. The van der Waals surface area contributed by atoms with Crippen LogP contribution in [0, 0.1) is 0 Å². The molecule has 0 heterocycles. The zero-order valence-electron chi connectivity index (χ0n) is 35.2. The molecule has 1 unspecified atom stereocenters. The molecule has 310 valence electrons. The van der Waals surface area contributed by atoms with Gasteiger partial charge in [-0.05, 0) is 77.0 Å². The van der Waals surface area contributed by atoms with E-state index in [4.69, 9.17) is 14.2 Å². The molecule has 0 aliphatic rings. The fourth-order valence-corrected chi connectivity index (χ4v) is 5.88. The van der Waals surface area contributed by atoms with Crippen molar-refractivity contribution in [3.05, 3.63) is 60.8 Å². The Balaban J connectivity index is 4.27. The second-order valence-electron chi connectivity index (χ2n) is 14.6. The molecule has 6 heteroatoms. The molecule has 0 radical (unpaired) electrons. The van der Waals surface area contributed by atoms with Gasteiger partial charge < -0.3 is 14.2 Å². The van der Waals surface area contributed by atoms with Gasteiger partial charge in [0.2, 0.25) is 0 Å². The maximum absolute atomic E-state index is 12.6. The van der Waals surface area contributed by atoms with Crippen LogP contribution in [0.2, 0.25) is 0 Å². The smallest absolute Gasteiger partial charge is 0.306 e. The third-order valence-corrected chi connectivity index (χ3v) is 9.26. The average molecular weight is 755 g/mol. The number of carbonyl (C=O) groups is 3. The van der Waals surface area contributed by atoms with Gasteiger partial charge in [0.05, 0.1) is 0 Å². The number of hydrogen-bond acceptors (Lipinski definition) is 6. The highest BCUT2D eigenvalue weighted by molar-refractivity contribution is 5.71. The Bertz CT molecular complexity index is 1010. The minimum atomic E-state index is -0.778. The first-order valence-electron chi connectivity index (χ1n) is 22.3. The van der Waals surface area contributed by atoms with Gasteiger partial charge in [-0.3, -0.25) is 14.4 Å². The molecular weight excluding hydrogens is 673 g/mol. The molecule has 0 saturated heterocycles. The van der Waals surface area contributed by atoms with E-state index >= 15 is 0 Å². The molecule has 0 aromatic heterocycles. The highest BCUT2D eigenvalue weighted by Gasteiger charge is 2.19. The number of ether oxygens (including phenoxy) is 3. The lowest BCUT2D eigenvalue weighted by Gasteiger charge is -2.18. The maximum Gasteiger partial charge on any atom is 0.306 e. The standard InChI is InChI=1S/C48H82O6/c1-4-7-10-13-16-18-20-21-22-23-24-25-26-27-29-30-32-35-38-41-47(50)53-44-45(43-52-46(49)40-37-34-15-12-9-6-3)54-48(51)42-39-36-33-31-28-19-17-14-11-8-5-2/h7,10,14,16-18,21-22,24-25,45H,4-6,8-9,11-13,15,19-20,23,26-44H2,1-3H3/b10-7-,17-14-,18-16-,22-21-,25-24-. The van der Waals surface area contributed by atoms with Gasteiger partial charge >= 0.3 is 17.9 Å². The summed E-state index contributed by atoms with van der Waals surface area (Å²) in [6.07, 6.45) is 50.8. The Kier molecular flexibility index (Phi) is 40.6. The van der Waals surface area contributed by atoms with Crippen molar-refractivity contribution in [1.29, 1.82) is 0 Å². The Labute approximate surface area is 332 Å². The van der Waals surface area contributed by atoms with Crippen molar-refractivity contribution in [2.75, 3.05) is 13.2 Å². The molecule has 0 fully saturated rings. The molecule has 6 nitrogen and oxygen atoms in total. The second-order valence-corrected chi connectivity index (χ2v) is 14.6. The van der Waals surface area contributed by atoms with Crippen molar-refractivity contribution in [1.82, 2.24) is 0 Å². The van der Waals surface area contributed by atoms with Gasteiger partial charge in [0.25, 0.3) is 0 Å². The van der Waals surface area contributed by atoms with Gasteiger partial charge in [0, 0.05) is 19.3 Å². The molecule has 1 atom stereocenters. The lowest BCUT2D eigenvalue weighted by Crippen LogP contribution is -2.30. The molecule has 0 aromatic rings. The Hall–Kier alpha value is -2.89.